The van der Waals surface area contributed by atoms with Crippen molar-refractivity contribution in [2.75, 3.05) is 6.61 Å². The van der Waals surface area contributed by atoms with Crippen molar-refractivity contribution < 1.29 is 9.53 Å². The Morgan fingerprint density at radius 3 is 2.50 bits per heavy atom. The summed E-state index contributed by atoms with van der Waals surface area (Å²) in [7, 11) is 0. The standard InChI is InChI=1S/C14H20BrNO2/c1-4-5-10-18-13(17)16-14(2,3)11-6-8-12(15)9-7-11/h6-9H,4-5,10H2,1-3H3,(H,16,17). The highest BCUT2D eigenvalue weighted by molar-refractivity contribution is 9.10. The minimum absolute atomic E-state index is 0.364. The Labute approximate surface area is 117 Å². The summed E-state index contributed by atoms with van der Waals surface area (Å²) < 4.78 is 6.13. The van der Waals surface area contributed by atoms with Gasteiger partial charge in [0.15, 0.2) is 0 Å². The lowest BCUT2D eigenvalue weighted by atomic mass is 9.95. The number of unbranched alkanes of at least 4 members (excludes halogenated alkanes) is 1. The molecule has 0 bridgehead atoms. The van der Waals surface area contributed by atoms with E-state index in [1.54, 1.807) is 0 Å². The molecule has 0 aromatic heterocycles. The van der Waals surface area contributed by atoms with Crippen molar-refractivity contribution in [2.24, 2.45) is 0 Å². The second-order valence-corrected chi connectivity index (χ2v) is 5.66. The largest absolute Gasteiger partial charge is 0.450 e. The summed E-state index contributed by atoms with van der Waals surface area (Å²) in [6.45, 7) is 6.44. The first-order valence-electron chi connectivity index (χ1n) is 6.16. The van der Waals surface area contributed by atoms with E-state index in [2.05, 4.69) is 28.2 Å². The monoisotopic (exact) mass is 313 g/mol. The first kappa shape index (κ1) is 15.0. The first-order valence-corrected chi connectivity index (χ1v) is 6.96. The molecule has 1 N–H and O–H groups in total. The van der Waals surface area contributed by atoms with Crippen LogP contribution in [-0.4, -0.2) is 12.7 Å². The molecule has 1 aromatic rings. The van der Waals surface area contributed by atoms with Gasteiger partial charge in [-0.3, -0.25) is 0 Å². The maximum Gasteiger partial charge on any atom is 0.407 e. The van der Waals surface area contributed by atoms with Crippen LogP contribution in [0.4, 0.5) is 4.79 Å². The lowest BCUT2D eigenvalue weighted by Gasteiger charge is -2.26. The van der Waals surface area contributed by atoms with Crippen LogP contribution in [0.2, 0.25) is 0 Å². The molecule has 18 heavy (non-hydrogen) atoms. The van der Waals surface area contributed by atoms with Gasteiger partial charge in [0.1, 0.15) is 0 Å². The molecule has 0 atom stereocenters. The van der Waals surface area contributed by atoms with Crippen LogP contribution < -0.4 is 5.32 Å². The van der Waals surface area contributed by atoms with E-state index < -0.39 is 5.54 Å². The highest BCUT2D eigenvalue weighted by atomic mass is 79.9. The molecule has 4 heteroatoms. The zero-order valence-corrected chi connectivity index (χ0v) is 12.7. The van der Waals surface area contributed by atoms with E-state index in [4.69, 9.17) is 4.74 Å². The molecule has 0 aliphatic carbocycles. The maximum atomic E-state index is 11.6. The highest BCUT2D eigenvalue weighted by Gasteiger charge is 2.23. The lowest BCUT2D eigenvalue weighted by Crippen LogP contribution is -2.41. The van der Waals surface area contributed by atoms with Gasteiger partial charge >= 0.3 is 6.09 Å². The van der Waals surface area contributed by atoms with Crippen LogP contribution >= 0.6 is 15.9 Å². The molecule has 1 amide bonds. The summed E-state index contributed by atoms with van der Waals surface area (Å²) in [4.78, 5) is 11.6. The van der Waals surface area contributed by atoms with Gasteiger partial charge in [-0.25, -0.2) is 4.79 Å². The van der Waals surface area contributed by atoms with Crippen LogP contribution in [0.1, 0.15) is 39.2 Å². The molecule has 0 aliphatic heterocycles. The van der Waals surface area contributed by atoms with Crippen molar-refractivity contribution in [1.82, 2.24) is 5.32 Å². The number of ether oxygens (including phenoxy) is 1. The number of rotatable bonds is 5. The second kappa shape index (κ2) is 6.78. The van der Waals surface area contributed by atoms with E-state index in [1.807, 2.05) is 38.1 Å². The Morgan fingerprint density at radius 1 is 1.33 bits per heavy atom. The molecule has 1 aromatic carbocycles. The number of nitrogens with one attached hydrogen (secondary N) is 1. The molecule has 100 valence electrons. The van der Waals surface area contributed by atoms with Crippen molar-refractivity contribution in [1.29, 1.82) is 0 Å². The SMILES string of the molecule is CCCCOC(=O)NC(C)(C)c1ccc(Br)cc1. The molecular weight excluding hydrogens is 294 g/mol. The quantitative estimate of drug-likeness (QED) is 0.827. The minimum atomic E-state index is -0.440. The van der Waals surface area contributed by atoms with Crippen molar-refractivity contribution in [2.45, 2.75) is 39.2 Å². The van der Waals surface area contributed by atoms with Gasteiger partial charge in [0.05, 0.1) is 12.1 Å². The third-order valence-electron chi connectivity index (χ3n) is 2.71. The highest BCUT2D eigenvalue weighted by Crippen LogP contribution is 2.22. The van der Waals surface area contributed by atoms with E-state index in [0.717, 1.165) is 22.9 Å². The Hall–Kier alpha value is -1.03. The molecule has 3 nitrogen and oxygen atoms in total. The molecule has 0 heterocycles. The van der Waals surface area contributed by atoms with E-state index >= 15 is 0 Å². The molecular formula is C14H20BrNO2. The molecule has 0 saturated heterocycles. The van der Waals surface area contributed by atoms with E-state index in [1.165, 1.54) is 0 Å². The van der Waals surface area contributed by atoms with Gasteiger partial charge < -0.3 is 10.1 Å². The summed E-state index contributed by atoms with van der Waals surface area (Å²) >= 11 is 3.39. The summed E-state index contributed by atoms with van der Waals surface area (Å²) in [6.07, 6.45) is 1.55. The number of hydrogen-bond acceptors (Lipinski definition) is 2. The van der Waals surface area contributed by atoms with Crippen LogP contribution in [-0.2, 0) is 10.3 Å². The van der Waals surface area contributed by atoms with Gasteiger partial charge in [0.2, 0.25) is 0 Å². The van der Waals surface area contributed by atoms with Crippen molar-refractivity contribution in [3.05, 3.63) is 34.3 Å². The van der Waals surface area contributed by atoms with E-state index in [-0.39, 0.29) is 6.09 Å². The summed E-state index contributed by atoms with van der Waals surface area (Å²) in [5.74, 6) is 0. The van der Waals surface area contributed by atoms with Crippen LogP contribution in [0.25, 0.3) is 0 Å². The zero-order chi connectivity index (χ0) is 13.6. The minimum Gasteiger partial charge on any atom is -0.450 e. The Kier molecular flexibility index (Phi) is 5.66. The number of halogens is 1. The fourth-order valence-electron chi connectivity index (χ4n) is 1.54. The number of hydrogen-bond donors (Lipinski definition) is 1. The molecule has 0 fully saturated rings. The molecule has 1 rings (SSSR count). The number of carbonyl (C=O) groups excluding carboxylic acids is 1. The van der Waals surface area contributed by atoms with Crippen LogP contribution in [0, 0.1) is 0 Å². The van der Waals surface area contributed by atoms with Gasteiger partial charge in [0, 0.05) is 4.47 Å². The fourth-order valence-corrected chi connectivity index (χ4v) is 1.80. The third-order valence-corrected chi connectivity index (χ3v) is 3.24. The smallest absolute Gasteiger partial charge is 0.407 e. The predicted molar refractivity (Wildman–Crippen MR) is 76.6 cm³/mol. The zero-order valence-electron chi connectivity index (χ0n) is 11.1. The summed E-state index contributed by atoms with van der Waals surface area (Å²) in [6, 6.07) is 7.88. The van der Waals surface area contributed by atoms with Crippen LogP contribution in [0.5, 0.6) is 0 Å². The van der Waals surface area contributed by atoms with Gasteiger partial charge in [-0.05, 0) is 38.0 Å². The van der Waals surface area contributed by atoms with Gasteiger partial charge in [-0.15, -0.1) is 0 Å². The number of carbonyl (C=O) groups is 1. The predicted octanol–water partition coefficient (Wildman–Crippen LogP) is 4.21. The molecule has 0 unspecified atom stereocenters. The number of benzene rings is 1. The topological polar surface area (TPSA) is 38.3 Å². The number of amides is 1. The Bertz CT molecular complexity index is 387. The van der Waals surface area contributed by atoms with E-state index in [9.17, 15) is 4.79 Å². The molecule has 0 saturated carbocycles. The first-order chi connectivity index (χ1) is 8.45. The average molecular weight is 314 g/mol. The van der Waals surface area contributed by atoms with Gasteiger partial charge in [-0.2, -0.15) is 0 Å². The number of alkyl carbamates (subject to hydrolysis) is 1. The molecule has 0 spiro atoms. The maximum absolute atomic E-state index is 11.6. The van der Waals surface area contributed by atoms with Gasteiger partial charge in [-0.1, -0.05) is 41.4 Å². The van der Waals surface area contributed by atoms with Crippen molar-refractivity contribution >= 4 is 22.0 Å². The molecule has 0 aliphatic rings. The lowest BCUT2D eigenvalue weighted by molar-refractivity contribution is 0.134. The summed E-state index contributed by atoms with van der Waals surface area (Å²) in [5, 5.41) is 2.87. The Morgan fingerprint density at radius 2 is 1.94 bits per heavy atom. The Balaban J connectivity index is 2.58. The van der Waals surface area contributed by atoms with Gasteiger partial charge in [0.25, 0.3) is 0 Å². The van der Waals surface area contributed by atoms with E-state index in [0.29, 0.717) is 6.61 Å². The fraction of sp³-hybridized carbons (Fsp3) is 0.500. The third kappa shape index (κ3) is 4.69. The van der Waals surface area contributed by atoms with Crippen molar-refractivity contribution in [3.63, 3.8) is 0 Å². The normalized spacial score (nSPS) is 11.1. The second-order valence-electron chi connectivity index (χ2n) is 4.75. The summed E-state index contributed by atoms with van der Waals surface area (Å²) in [5.41, 5.74) is 0.599. The molecule has 0 radical (unpaired) electrons. The van der Waals surface area contributed by atoms with Crippen LogP contribution in [0.3, 0.4) is 0 Å². The average Bonchev–Trinajstić information content (AvgIpc) is 2.29. The van der Waals surface area contributed by atoms with Crippen molar-refractivity contribution in [3.8, 4) is 0 Å². The van der Waals surface area contributed by atoms with Crippen LogP contribution in [0.15, 0.2) is 28.7 Å².